The summed E-state index contributed by atoms with van der Waals surface area (Å²) < 4.78 is 63.4. The van der Waals surface area contributed by atoms with Crippen molar-refractivity contribution in [2.24, 2.45) is 0 Å². The molecule has 0 aromatic carbocycles. The van der Waals surface area contributed by atoms with Crippen molar-refractivity contribution < 1.29 is 85.1 Å². The fourth-order valence-corrected chi connectivity index (χ4v) is 3.33. The van der Waals surface area contributed by atoms with Gasteiger partial charge in [0.15, 0.2) is 20.6 Å². The van der Waals surface area contributed by atoms with Crippen molar-refractivity contribution in [2.45, 2.75) is 45.6 Å². The second-order valence-electron chi connectivity index (χ2n) is 3.49. The van der Waals surface area contributed by atoms with Crippen LogP contribution in [0.15, 0.2) is 0 Å². The molecular formula is C7H15NNa2O6S2. The monoisotopic (exact) mass is 319 g/mol. The summed E-state index contributed by atoms with van der Waals surface area (Å²) >= 11 is 0. The zero-order chi connectivity index (χ0) is 13.0. The Hall–Kier alpha value is 1.78. The van der Waals surface area contributed by atoms with Crippen molar-refractivity contribution in [1.82, 2.24) is 3.71 Å². The van der Waals surface area contributed by atoms with E-state index in [1.165, 1.54) is 6.92 Å². The standard InChI is InChI=1S/C7H17NO6S2.2Na/c1-3-4-5-6-7(2)8(15(9,10)11)16(12,13)14;;/h7H,3-6H2,1-2H3,(H,9,10,11)(H,12,13,14);;/q;2*+1/p-2. The van der Waals surface area contributed by atoms with Crippen LogP contribution in [0.1, 0.15) is 39.5 Å². The molecule has 11 heteroatoms. The molecule has 0 heterocycles. The predicted octanol–water partition coefficient (Wildman–Crippen LogP) is -5.81. The summed E-state index contributed by atoms with van der Waals surface area (Å²) in [5.74, 6) is 0. The average molecular weight is 319 g/mol. The van der Waals surface area contributed by atoms with E-state index in [0.717, 1.165) is 12.8 Å². The SMILES string of the molecule is CCCCCC(C)N(S(=O)(=O)[O-])S(=O)(=O)[O-].[Na+].[Na+]. The van der Waals surface area contributed by atoms with Crippen LogP contribution in [0.3, 0.4) is 0 Å². The Bertz CT molecular complexity index is 378. The Labute approximate surface area is 153 Å². The number of unbranched alkanes of at least 4 members (excludes halogenated alkanes) is 2. The molecule has 0 bridgehead atoms. The third-order valence-electron chi connectivity index (χ3n) is 2.03. The van der Waals surface area contributed by atoms with Crippen LogP contribution in [-0.2, 0) is 20.6 Å². The molecule has 98 valence electrons. The van der Waals surface area contributed by atoms with Gasteiger partial charge in [-0.25, -0.2) is 16.8 Å². The molecule has 0 rings (SSSR count). The van der Waals surface area contributed by atoms with Crippen molar-refractivity contribution in [1.29, 1.82) is 0 Å². The van der Waals surface area contributed by atoms with Gasteiger partial charge in [-0.15, -0.1) is 3.71 Å². The summed E-state index contributed by atoms with van der Waals surface area (Å²) in [6.45, 7) is 3.14. The minimum absolute atomic E-state index is 0. The normalized spacial score (nSPS) is 13.6. The van der Waals surface area contributed by atoms with Gasteiger partial charge in [-0.1, -0.05) is 26.2 Å². The first kappa shape index (κ1) is 24.8. The van der Waals surface area contributed by atoms with E-state index in [1.54, 1.807) is 0 Å². The summed E-state index contributed by atoms with van der Waals surface area (Å²) in [4.78, 5) is 0. The van der Waals surface area contributed by atoms with Gasteiger partial charge in [0.1, 0.15) is 0 Å². The van der Waals surface area contributed by atoms with Crippen molar-refractivity contribution in [3.05, 3.63) is 0 Å². The van der Waals surface area contributed by atoms with Crippen LogP contribution >= 0.6 is 0 Å². The molecule has 0 spiro atoms. The second-order valence-corrected chi connectivity index (χ2v) is 6.21. The molecule has 0 fully saturated rings. The molecule has 0 saturated heterocycles. The van der Waals surface area contributed by atoms with E-state index in [9.17, 15) is 25.9 Å². The first-order valence-corrected chi connectivity index (χ1v) is 7.55. The molecule has 1 atom stereocenters. The van der Waals surface area contributed by atoms with Gasteiger partial charge in [-0.3, -0.25) is 0 Å². The molecule has 0 radical (unpaired) electrons. The minimum atomic E-state index is -5.28. The van der Waals surface area contributed by atoms with Crippen LogP contribution in [0.4, 0.5) is 0 Å². The van der Waals surface area contributed by atoms with Crippen LogP contribution in [0.5, 0.6) is 0 Å². The number of rotatable bonds is 7. The quantitative estimate of drug-likeness (QED) is 0.262. The van der Waals surface area contributed by atoms with Crippen molar-refractivity contribution in [3.8, 4) is 0 Å². The maximum absolute atomic E-state index is 10.6. The Kier molecular flexibility index (Phi) is 14.5. The Morgan fingerprint density at radius 2 is 1.39 bits per heavy atom. The van der Waals surface area contributed by atoms with Gasteiger partial charge in [-0.05, 0) is 13.3 Å². The predicted molar refractivity (Wildman–Crippen MR) is 54.8 cm³/mol. The van der Waals surface area contributed by atoms with Gasteiger partial charge >= 0.3 is 59.1 Å². The number of hydrogen-bond acceptors (Lipinski definition) is 6. The van der Waals surface area contributed by atoms with Gasteiger partial charge in [0, 0.05) is 6.04 Å². The Morgan fingerprint density at radius 3 is 1.67 bits per heavy atom. The van der Waals surface area contributed by atoms with Gasteiger partial charge in [-0.2, -0.15) is 0 Å². The van der Waals surface area contributed by atoms with Gasteiger partial charge < -0.3 is 9.11 Å². The van der Waals surface area contributed by atoms with Crippen LogP contribution in [0.25, 0.3) is 0 Å². The van der Waals surface area contributed by atoms with E-state index in [-0.39, 0.29) is 65.5 Å². The number of nitrogens with zero attached hydrogens (tertiary/aromatic N) is 1. The van der Waals surface area contributed by atoms with Gasteiger partial charge in [0.05, 0.1) is 0 Å². The maximum atomic E-state index is 10.6. The second kappa shape index (κ2) is 10.5. The molecule has 0 aliphatic heterocycles. The van der Waals surface area contributed by atoms with Crippen molar-refractivity contribution in [2.75, 3.05) is 0 Å². The number of hydrogen-bond donors (Lipinski definition) is 0. The molecule has 0 amide bonds. The van der Waals surface area contributed by atoms with E-state index < -0.39 is 30.4 Å². The van der Waals surface area contributed by atoms with E-state index >= 15 is 0 Å². The Balaban J connectivity index is -0.00000112. The molecule has 7 nitrogen and oxygen atoms in total. The zero-order valence-electron chi connectivity index (χ0n) is 11.1. The third kappa shape index (κ3) is 9.65. The molecule has 0 aliphatic rings. The van der Waals surface area contributed by atoms with Crippen LogP contribution in [-0.4, -0.2) is 35.7 Å². The molecule has 0 N–H and O–H groups in total. The first-order chi connectivity index (χ1) is 7.10. The fourth-order valence-electron chi connectivity index (χ4n) is 1.35. The van der Waals surface area contributed by atoms with E-state index in [1.807, 2.05) is 6.92 Å². The largest absolute Gasteiger partial charge is 1.00 e. The molecule has 0 saturated carbocycles. The first-order valence-electron chi connectivity index (χ1n) is 4.82. The summed E-state index contributed by atoms with van der Waals surface area (Å²) in [6.07, 6.45) is 2.35. The molecular weight excluding hydrogens is 304 g/mol. The van der Waals surface area contributed by atoms with E-state index in [4.69, 9.17) is 0 Å². The topological polar surface area (TPSA) is 118 Å². The smallest absolute Gasteiger partial charge is 0.735 e. The van der Waals surface area contributed by atoms with Crippen LogP contribution < -0.4 is 59.1 Å². The molecule has 18 heavy (non-hydrogen) atoms. The fraction of sp³-hybridized carbons (Fsp3) is 1.00. The molecule has 0 aromatic rings. The van der Waals surface area contributed by atoms with Crippen molar-refractivity contribution in [3.63, 3.8) is 0 Å². The zero-order valence-corrected chi connectivity index (χ0v) is 16.8. The van der Waals surface area contributed by atoms with Crippen LogP contribution in [0, 0.1) is 0 Å². The molecule has 0 aliphatic carbocycles. The maximum Gasteiger partial charge on any atom is 1.00 e. The summed E-state index contributed by atoms with van der Waals surface area (Å²) in [5.41, 5.74) is 0. The summed E-state index contributed by atoms with van der Waals surface area (Å²) in [7, 11) is -10.6. The van der Waals surface area contributed by atoms with E-state index in [2.05, 4.69) is 0 Å². The molecule has 1 unspecified atom stereocenters. The third-order valence-corrected chi connectivity index (χ3v) is 4.72. The molecule has 0 aromatic heterocycles. The Morgan fingerprint density at radius 1 is 1.00 bits per heavy atom. The summed E-state index contributed by atoms with van der Waals surface area (Å²) in [5, 5.41) is 0. The van der Waals surface area contributed by atoms with Crippen molar-refractivity contribution >= 4 is 20.6 Å². The van der Waals surface area contributed by atoms with Gasteiger partial charge in [0.25, 0.3) is 0 Å². The van der Waals surface area contributed by atoms with Crippen LogP contribution in [0.2, 0.25) is 0 Å². The summed E-state index contributed by atoms with van der Waals surface area (Å²) in [6, 6.07) is -1.13. The minimum Gasteiger partial charge on any atom is -0.735 e. The van der Waals surface area contributed by atoms with Gasteiger partial charge in [0.2, 0.25) is 0 Å². The average Bonchev–Trinajstić information content (AvgIpc) is 1.98. The van der Waals surface area contributed by atoms with E-state index in [0.29, 0.717) is 6.42 Å².